The Morgan fingerprint density at radius 1 is 1.45 bits per heavy atom. The van der Waals surface area contributed by atoms with E-state index in [0.717, 1.165) is 5.37 Å². The van der Waals surface area contributed by atoms with Crippen LogP contribution in [-0.4, -0.2) is 23.4 Å². The zero-order valence-corrected chi connectivity index (χ0v) is 13.5. The summed E-state index contributed by atoms with van der Waals surface area (Å²) in [6.45, 7) is 0. The van der Waals surface area contributed by atoms with E-state index in [0.29, 0.717) is 0 Å². The van der Waals surface area contributed by atoms with Gasteiger partial charge in [-0.1, -0.05) is 35.4 Å². The second kappa shape index (κ2) is 6.56. The standard InChI is InChI=1S/C14H9Cl2FN2O2S/c1-21-14(20)13-11(16)9(18)4-10(19-13)6-2-3-8(15)7(5-22)12(6)17/h2-5H,1H3,(H2,18,19). The minimum atomic E-state index is -0.775. The second-order valence-corrected chi connectivity index (χ2v) is 5.21. The quantitative estimate of drug-likeness (QED) is 0.665. The van der Waals surface area contributed by atoms with E-state index in [1.807, 2.05) is 0 Å². The van der Waals surface area contributed by atoms with Gasteiger partial charge in [0.25, 0.3) is 0 Å². The van der Waals surface area contributed by atoms with Crippen LogP contribution in [0.1, 0.15) is 16.1 Å². The SMILES string of the molecule is COC(=O)c1nc(-c2ccc(Cl)c(C=S)c2F)cc(N)c1Cl. The molecule has 0 fully saturated rings. The van der Waals surface area contributed by atoms with E-state index in [2.05, 4.69) is 9.72 Å². The van der Waals surface area contributed by atoms with E-state index >= 15 is 0 Å². The summed E-state index contributed by atoms with van der Waals surface area (Å²) in [6, 6.07) is 4.24. The fourth-order valence-corrected chi connectivity index (χ4v) is 2.46. The van der Waals surface area contributed by atoms with Crippen molar-refractivity contribution in [1.29, 1.82) is 0 Å². The summed E-state index contributed by atoms with van der Waals surface area (Å²) in [6.07, 6.45) is 0. The van der Waals surface area contributed by atoms with E-state index in [4.69, 9.17) is 41.2 Å². The van der Waals surface area contributed by atoms with E-state index in [1.54, 1.807) is 0 Å². The Morgan fingerprint density at radius 3 is 2.73 bits per heavy atom. The number of nitrogen functional groups attached to an aromatic ring is 1. The number of aromatic nitrogens is 1. The normalized spacial score (nSPS) is 10.4. The molecule has 0 bridgehead atoms. The molecule has 1 aromatic carbocycles. The van der Waals surface area contributed by atoms with Crippen molar-refractivity contribution < 1.29 is 13.9 Å². The van der Waals surface area contributed by atoms with Crippen molar-refractivity contribution in [1.82, 2.24) is 4.98 Å². The van der Waals surface area contributed by atoms with E-state index in [1.165, 1.54) is 25.3 Å². The van der Waals surface area contributed by atoms with Gasteiger partial charge in [0, 0.05) is 16.5 Å². The van der Waals surface area contributed by atoms with Crippen LogP contribution in [0.4, 0.5) is 10.1 Å². The molecule has 0 saturated heterocycles. The Kier molecular flexibility index (Phi) is 4.95. The second-order valence-electron chi connectivity index (χ2n) is 4.19. The zero-order valence-electron chi connectivity index (χ0n) is 11.2. The Bertz CT molecular complexity index is 784. The van der Waals surface area contributed by atoms with Gasteiger partial charge in [0.1, 0.15) is 5.82 Å². The molecule has 22 heavy (non-hydrogen) atoms. The number of benzene rings is 1. The topological polar surface area (TPSA) is 65.2 Å². The molecule has 0 radical (unpaired) electrons. The van der Waals surface area contributed by atoms with E-state index in [9.17, 15) is 9.18 Å². The van der Waals surface area contributed by atoms with Crippen molar-refractivity contribution in [3.63, 3.8) is 0 Å². The minimum absolute atomic E-state index is 0.0555. The highest BCUT2D eigenvalue weighted by Gasteiger charge is 2.20. The maximum Gasteiger partial charge on any atom is 0.358 e. The summed E-state index contributed by atoms with van der Waals surface area (Å²) in [5.74, 6) is -1.43. The zero-order chi connectivity index (χ0) is 16.4. The van der Waals surface area contributed by atoms with Crippen LogP contribution in [0.25, 0.3) is 11.3 Å². The minimum Gasteiger partial charge on any atom is -0.464 e. The van der Waals surface area contributed by atoms with Gasteiger partial charge in [-0.3, -0.25) is 0 Å². The number of nitrogens with two attached hydrogens (primary N) is 1. The number of ether oxygens (including phenoxy) is 1. The maximum absolute atomic E-state index is 14.5. The molecule has 0 aliphatic rings. The molecular weight excluding hydrogens is 350 g/mol. The number of pyridine rings is 1. The predicted molar refractivity (Wildman–Crippen MR) is 88.2 cm³/mol. The van der Waals surface area contributed by atoms with Crippen molar-refractivity contribution in [2.45, 2.75) is 0 Å². The summed E-state index contributed by atoms with van der Waals surface area (Å²) >= 11 is 16.5. The average Bonchev–Trinajstić information content (AvgIpc) is 2.50. The monoisotopic (exact) mass is 358 g/mol. The maximum atomic E-state index is 14.5. The van der Waals surface area contributed by atoms with Gasteiger partial charge in [-0.15, -0.1) is 0 Å². The Hall–Kier alpha value is -1.76. The molecule has 114 valence electrons. The first-order valence-electron chi connectivity index (χ1n) is 5.88. The molecule has 2 N–H and O–H groups in total. The highest BCUT2D eigenvalue weighted by Crippen LogP contribution is 2.32. The van der Waals surface area contributed by atoms with Gasteiger partial charge in [0.05, 0.1) is 28.5 Å². The number of rotatable bonds is 3. The molecule has 4 nitrogen and oxygen atoms in total. The number of nitrogens with zero attached hydrogens (tertiary/aromatic N) is 1. The number of halogens is 3. The lowest BCUT2D eigenvalue weighted by Gasteiger charge is -2.10. The summed E-state index contributed by atoms with van der Waals surface area (Å²) < 4.78 is 19.0. The van der Waals surface area contributed by atoms with Gasteiger partial charge in [0.15, 0.2) is 5.69 Å². The molecule has 0 spiro atoms. The number of hydrogen-bond acceptors (Lipinski definition) is 5. The first-order valence-corrected chi connectivity index (χ1v) is 7.11. The third-order valence-electron chi connectivity index (χ3n) is 2.88. The molecule has 2 aromatic rings. The Morgan fingerprint density at radius 2 is 2.14 bits per heavy atom. The molecule has 0 amide bonds. The van der Waals surface area contributed by atoms with Crippen molar-refractivity contribution in [2.24, 2.45) is 0 Å². The molecule has 0 aliphatic heterocycles. The van der Waals surface area contributed by atoms with E-state index in [-0.39, 0.29) is 38.2 Å². The van der Waals surface area contributed by atoms with Gasteiger partial charge < -0.3 is 10.5 Å². The average molecular weight is 359 g/mol. The molecule has 8 heteroatoms. The van der Waals surface area contributed by atoms with Crippen molar-refractivity contribution in [3.8, 4) is 11.3 Å². The Balaban J connectivity index is 2.71. The third-order valence-corrected chi connectivity index (χ3v) is 3.85. The lowest BCUT2D eigenvalue weighted by atomic mass is 10.1. The third kappa shape index (κ3) is 2.90. The Labute approximate surface area is 141 Å². The number of anilines is 1. The van der Waals surface area contributed by atoms with Gasteiger partial charge >= 0.3 is 5.97 Å². The van der Waals surface area contributed by atoms with Gasteiger partial charge in [0.2, 0.25) is 0 Å². The smallest absolute Gasteiger partial charge is 0.358 e. The van der Waals surface area contributed by atoms with Crippen LogP contribution in [0.5, 0.6) is 0 Å². The number of carbonyl (C=O) groups excluding carboxylic acids is 1. The number of methoxy groups -OCH3 is 1. The number of carbonyl (C=O) groups is 1. The van der Waals surface area contributed by atoms with Crippen LogP contribution in [0, 0.1) is 5.82 Å². The molecule has 0 unspecified atom stereocenters. The van der Waals surface area contributed by atoms with Crippen LogP contribution < -0.4 is 5.73 Å². The van der Waals surface area contributed by atoms with Gasteiger partial charge in [-0.2, -0.15) is 0 Å². The summed E-state index contributed by atoms with van der Waals surface area (Å²) in [5, 5.41) is 1.24. The number of esters is 1. The molecule has 0 aliphatic carbocycles. The molecular formula is C14H9Cl2FN2O2S. The van der Waals surface area contributed by atoms with Crippen LogP contribution >= 0.6 is 35.4 Å². The highest BCUT2D eigenvalue weighted by atomic mass is 35.5. The predicted octanol–water partition coefficient (Wildman–Crippen LogP) is 3.91. The summed E-state index contributed by atoms with van der Waals surface area (Å²) in [5.41, 5.74) is 5.89. The number of thiocarbonyl (C=S) groups is 1. The fourth-order valence-electron chi connectivity index (χ4n) is 1.79. The van der Waals surface area contributed by atoms with Gasteiger partial charge in [-0.25, -0.2) is 14.2 Å². The first-order chi connectivity index (χ1) is 10.4. The summed E-state index contributed by atoms with van der Waals surface area (Å²) in [7, 11) is 1.18. The summed E-state index contributed by atoms with van der Waals surface area (Å²) in [4.78, 5) is 15.7. The van der Waals surface area contributed by atoms with Crippen LogP contribution in [0.15, 0.2) is 18.2 Å². The van der Waals surface area contributed by atoms with Crippen LogP contribution in [0.3, 0.4) is 0 Å². The van der Waals surface area contributed by atoms with Crippen LogP contribution in [-0.2, 0) is 4.74 Å². The first kappa shape index (κ1) is 16.6. The van der Waals surface area contributed by atoms with Gasteiger partial charge in [-0.05, 0) is 18.2 Å². The van der Waals surface area contributed by atoms with Crippen LogP contribution in [0.2, 0.25) is 10.0 Å². The molecule has 1 heterocycles. The molecule has 2 rings (SSSR count). The molecule has 0 saturated carbocycles. The molecule has 0 atom stereocenters. The van der Waals surface area contributed by atoms with Crippen molar-refractivity contribution in [2.75, 3.05) is 12.8 Å². The largest absolute Gasteiger partial charge is 0.464 e. The lowest BCUT2D eigenvalue weighted by molar-refractivity contribution is 0.0594. The lowest BCUT2D eigenvalue weighted by Crippen LogP contribution is -2.08. The number of hydrogen-bond donors (Lipinski definition) is 1. The van der Waals surface area contributed by atoms with Crippen molar-refractivity contribution >= 4 is 52.4 Å². The highest BCUT2D eigenvalue weighted by molar-refractivity contribution is 7.79. The fraction of sp³-hybridized carbons (Fsp3) is 0.0714. The van der Waals surface area contributed by atoms with Crippen molar-refractivity contribution in [3.05, 3.63) is 45.3 Å². The van der Waals surface area contributed by atoms with E-state index < -0.39 is 11.8 Å². The molecule has 1 aromatic heterocycles.